The molecule has 2 amide bonds. The van der Waals surface area contributed by atoms with Crippen LogP contribution >= 0.6 is 11.3 Å². The quantitative estimate of drug-likeness (QED) is 0.830. The van der Waals surface area contributed by atoms with E-state index in [9.17, 15) is 9.59 Å². The van der Waals surface area contributed by atoms with Gasteiger partial charge in [0.25, 0.3) is 0 Å². The first kappa shape index (κ1) is 16.5. The summed E-state index contributed by atoms with van der Waals surface area (Å²) in [5, 5.41) is 0. The van der Waals surface area contributed by atoms with Crippen LogP contribution in [0, 0.1) is 6.92 Å². The lowest BCUT2D eigenvalue weighted by Crippen LogP contribution is -2.50. The van der Waals surface area contributed by atoms with Crippen LogP contribution in [0.15, 0.2) is 12.1 Å². The van der Waals surface area contributed by atoms with Crippen LogP contribution < -0.4 is 0 Å². The number of thiophene rings is 1. The molecule has 2 aliphatic heterocycles. The Hall–Kier alpha value is -1.36. The van der Waals surface area contributed by atoms with Crippen molar-refractivity contribution in [3.8, 4) is 0 Å². The largest absolute Gasteiger partial charge is 0.341 e. The molecule has 4 nitrogen and oxygen atoms in total. The minimum atomic E-state index is 0.252. The molecule has 3 heterocycles. The number of hydrogen-bond acceptors (Lipinski definition) is 3. The third-order valence-electron chi connectivity index (χ3n) is 4.91. The zero-order chi connectivity index (χ0) is 16.2. The molecule has 23 heavy (non-hydrogen) atoms. The maximum atomic E-state index is 12.5. The Labute approximate surface area is 142 Å². The molecule has 0 radical (unpaired) electrons. The first-order valence-electron chi connectivity index (χ1n) is 8.76. The second-order valence-corrected chi connectivity index (χ2v) is 8.06. The summed E-state index contributed by atoms with van der Waals surface area (Å²) in [4.78, 5) is 31.1. The number of piperidine rings is 1. The van der Waals surface area contributed by atoms with Crippen molar-refractivity contribution in [1.82, 2.24) is 9.80 Å². The molecule has 0 aliphatic carbocycles. The second kappa shape index (κ2) is 7.47. The van der Waals surface area contributed by atoms with Crippen LogP contribution in [0.2, 0.25) is 0 Å². The molecule has 0 spiro atoms. The highest BCUT2D eigenvalue weighted by molar-refractivity contribution is 7.11. The molecule has 1 aromatic heterocycles. The van der Waals surface area contributed by atoms with Gasteiger partial charge in [-0.25, -0.2) is 0 Å². The van der Waals surface area contributed by atoms with Gasteiger partial charge >= 0.3 is 0 Å². The lowest BCUT2D eigenvalue weighted by Gasteiger charge is -2.37. The van der Waals surface area contributed by atoms with E-state index in [0.717, 1.165) is 51.7 Å². The van der Waals surface area contributed by atoms with Crippen molar-refractivity contribution in [2.45, 2.75) is 57.9 Å². The molecule has 2 saturated heterocycles. The molecular formula is C18H26N2O2S. The molecule has 2 fully saturated rings. The van der Waals surface area contributed by atoms with Gasteiger partial charge in [-0.15, -0.1) is 11.3 Å². The zero-order valence-electron chi connectivity index (χ0n) is 13.9. The van der Waals surface area contributed by atoms with Crippen LogP contribution in [0.3, 0.4) is 0 Å². The number of amides is 2. The van der Waals surface area contributed by atoms with E-state index in [0.29, 0.717) is 12.8 Å². The molecule has 1 aromatic rings. The first-order valence-corrected chi connectivity index (χ1v) is 9.57. The van der Waals surface area contributed by atoms with E-state index in [2.05, 4.69) is 19.1 Å². The van der Waals surface area contributed by atoms with Gasteiger partial charge in [-0.1, -0.05) is 0 Å². The van der Waals surface area contributed by atoms with E-state index in [-0.39, 0.29) is 17.9 Å². The highest BCUT2D eigenvalue weighted by Crippen LogP contribution is 2.22. The molecule has 3 rings (SSSR count). The standard InChI is InChI=1S/C18H26N2O2S/c1-14-9-10-16(23-14)6-2-7-17(21)19-11-3-5-15(13-19)20-12-4-8-18(20)22/h9-10,15H,2-8,11-13H2,1H3. The lowest BCUT2D eigenvalue weighted by molar-refractivity contribution is -0.137. The Balaban J connectivity index is 1.46. The number of rotatable bonds is 5. The molecule has 0 bridgehead atoms. The van der Waals surface area contributed by atoms with Crippen molar-refractivity contribution in [2.24, 2.45) is 0 Å². The van der Waals surface area contributed by atoms with Crippen molar-refractivity contribution in [3.63, 3.8) is 0 Å². The summed E-state index contributed by atoms with van der Waals surface area (Å²) < 4.78 is 0. The van der Waals surface area contributed by atoms with Crippen molar-refractivity contribution in [2.75, 3.05) is 19.6 Å². The van der Waals surface area contributed by atoms with Gasteiger partial charge in [0.1, 0.15) is 0 Å². The van der Waals surface area contributed by atoms with Gasteiger partial charge in [0.2, 0.25) is 11.8 Å². The van der Waals surface area contributed by atoms with E-state index >= 15 is 0 Å². The van der Waals surface area contributed by atoms with Gasteiger partial charge in [0.05, 0.1) is 0 Å². The molecule has 0 aromatic carbocycles. The van der Waals surface area contributed by atoms with E-state index in [4.69, 9.17) is 0 Å². The number of aryl methyl sites for hydroxylation is 2. The molecule has 0 saturated carbocycles. The highest BCUT2D eigenvalue weighted by atomic mass is 32.1. The van der Waals surface area contributed by atoms with E-state index < -0.39 is 0 Å². The second-order valence-electron chi connectivity index (χ2n) is 6.69. The number of nitrogens with zero attached hydrogens (tertiary/aromatic N) is 2. The Morgan fingerprint density at radius 3 is 2.87 bits per heavy atom. The average molecular weight is 334 g/mol. The van der Waals surface area contributed by atoms with E-state index in [1.807, 2.05) is 21.1 Å². The SMILES string of the molecule is Cc1ccc(CCCC(=O)N2CCCC(N3CCCC3=O)C2)s1. The number of carbonyl (C=O) groups excluding carboxylic acids is 2. The molecule has 126 valence electrons. The highest BCUT2D eigenvalue weighted by Gasteiger charge is 2.32. The fourth-order valence-corrected chi connectivity index (χ4v) is 4.61. The topological polar surface area (TPSA) is 40.6 Å². The van der Waals surface area contributed by atoms with Gasteiger partial charge < -0.3 is 9.80 Å². The smallest absolute Gasteiger partial charge is 0.222 e. The molecule has 2 aliphatic rings. The van der Waals surface area contributed by atoms with Crippen LogP contribution in [0.25, 0.3) is 0 Å². The summed E-state index contributed by atoms with van der Waals surface area (Å²) in [7, 11) is 0. The number of carbonyl (C=O) groups is 2. The minimum absolute atomic E-state index is 0.252. The maximum absolute atomic E-state index is 12.5. The minimum Gasteiger partial charge on any atom is -0.341 e. The summed E-state index contributed by atoms with van der Waals surface area (Å²) in [6.07, 6.45) is 6.26. The fraction of sp³-hybridized carbons (Fsp3) is 0.667. The maximum Gasteiger partial charge on any atom is 0.222 e. The Bertz CT molecular complexity index is 569. The zero-order valence-corrected chi connectivity index (χ0v) is 14.7. The Kier molecular flexibility index (Phi) is 5.36. The molecule has 0 N–H and O–H groups in total. The summed E-state index contributed by atoms with van der Waals surface area (Å²) >= 11 is 1.82. The van der Waals surface area contributed by atoms with Crippen LogP contribution in [-0.4, -0.2) is 47.3 Å². The van der Waals surface area contributed by atoms with Gasteiger partial charge in [0, 0.05) is 48.3 Å². The fourth-order valence-electron chi connectivity index (χ4n) is 3.68. The van der Waals surface area contributed by atoms with Crippen molar-refractivity contribution < 1.29 is 9.59 Å². The van der Waals surface area contributed by atoms with Crippen LogP contribution in [0.1, 0.15) is 48.3 Å². The van der Waals surface area contributed by atoms with Crippen LogP contribution in [0.5, 0.6) is 0 Å². The molecular weight excluding hydrogens is 308 g/mol. The lowest BCUT2D eigenvalue weighted by atomic mass is 10.0. The monoisotopic (exact) mass is 334 g/mol. The Morgan fingerprint density at radius 2 is 2.17 bits per heavy atom. The van der Waals surface area contributed by atoms with Crippen molar-refractivity contribution in [3.05, 3.63) is 21.9 Å². The van der Waals surface area contributed by atoms with Gasteiger partial charge in [-0.3, -0.25) is 9.59 Å². The summed E-state index contributed by atoms with van der Waals surface area (Å²) in [6, 6.07) is 4.56. The number of hydrogen-bond donors (Lipinski definition) is 0. The van der Waals surface area contributed by atoms with Gasteiger partial charge in [-0.2, -0.15) is 0 Å². The Morgan fingerprint density at radius 1 is 1.30 bits per heavy atom. The summed E-state index contributed by atoms with van der Waals surface area (Å²) in [5.41, 5.74) is 0. The van der Waals surface area contributed by atoms with E-state index in [1.165, 1.54) is 9.75 Å². The van der Waals surface area contributed by atoms with Crippen molar-refractivity contribution in [1.29, 1.82) is 0 Å². The third-order valence-corrected chi connectivity index (χ3v) is 5.97. The summed E-state index contributed by atoms with van der Waals surface area (Å²) in [5.74, 6) is 0.534. The van der Waals surface area contributed by atoms with E-state index in [1.54, 1.807) is 0 Å². The molecule has 1 unspecified atom stereocenters. The normalized spacial score (nSPS) is 22.0. The number of likely N-dealkylation sites (tertiary alicyclic amines) is 2. The predicted molar refractivity (Wildman–Crippen MR) is 92.5 cm³/mol. The predicted octanol–water partition coefficient (Wildman–Crippen LogP) is 2.99. The van der Waals surface area contributed by atoms with Gasteiger partial charge in [0.15, 0.2) is 0 Å². The molecule has 1 atom stereocenters. The van der Waals surface area contributed by atoms with Gasteiger partial charge in [-0.05, 0) is 51.2 Å². The molecule has 5 heteroatoms. The summed E-state index contributed by atoms with van der Waals surface area (Å²) in [6.45, 7) is 4.59. The van der Waals surface area contributed by atoms with Crippen LogP contribution in [-0.2, 0) is 16.0 Å². The average Bonchev–Trinajstić information content (AvgIpc) is 3.16. The van der Waals surface area contributed by atoms with Crippen molar-refractivity contribution >= 4 is 23.2 Å². The first-order chi connectivity index (χ1) is 11.1. The van der Waals surface area contributed by atoms with Crippen LogP contribution in [0.4, 0.5) is 0 Å². The third kappa shape index (κ3) is 4.14.